The Hall–Kier alpha value is -2.78. The highest BCUT2D eigenvalue weighted by molar-refractivity contribution is 7.54. The fourth-order valence-electron chi connectivity index (χ4n) is 5.44. The molecule has 38 heavy (non-hydrogen) atoms. The predicted octanol–water partition coefficient (Wildman–Crippen LogP) is 2.85. The molecule has 2 aliphatic rings. The van der Waals surface area contributed by atoms with E-state index in [1.807, 2.05) is 22.8 Å². The molecule has 1 aromatic carbocycles. The number of fused-ring (bicyclic) bond motifs is 4. The van der Waals surface area contributed by atoms with Gasteiger partial charge in [0.05, 0.1) is 19.8 Å². The average molecular weight is 545 g/mol. The van der Waals surface area contributed by atoms with Crippen LogP contribution in [0, 0.1) is 5.92 Å². The van der Waals surface area contributed by atoms with Crippen LogP contribution < -0.4 is 16.2 Å². The number of nitrogens with one attached hydrogen (secondary N) is 2. The van der Waals surface area contributed by atoms with Crippen molar-refractivity contribution in [3.05, 3.63) is 70.1 Å². The van der Waals surface area contributed by atoms with Crippen LogP contribution in [0.4, 0.5) is 0 Å². The maximum atomic E-state index is 13.5. The number of aromatic nitrogens is 1. The fourth-order valence-corrected chi connectivity index (χ4v) is 7.37. The Bertz CT molecular complexity index is 1210. The number of likely N-dealkylation sites (tertiary alicyclic amines) is 1. The molecule has 0 aliphatic carbocycles. The molecule has 11 heteroatoms. The molecule has 0 spiro atoms. The number of hydrogen-bond donors (Lipinski definition) is 2. The van der Waals surface area contributed by atoms with Crippen molar-refractivity contribution in [2.75, 3.05) is 39.4 Å². The fraction of sp³-hybridized carbons (Fsp3) is 0.519. The van der Waals surface area contributed by atoms with Crippen LogP contribution >= 0.6 is 7.60 Å². The predicted molar refractivity (Wildman–Crippen MR) is 144 cm³/mol. The minimum atomic E-state index is -3.69. The zero-order valence-corrected chi connectivity index (χ0v) is 22.9. The van der Waals surface area contributed by atoms with Crippen LogP contribution in [0.15, 0.2) is 53.3 Å². The number of rotatable bonds is 12. The van der Waals surface area contributed by atoms with Crippen molar-refractivity contribution in [2.45, 2.75) is 44.9 Å². The zero-order valence-electron chi connectivity index (χ0n) is 22.0. The highest BCUT2D eigenvalue weighted by Gasteiger charge is 2.38. The number of nitrogens with zero attached hydrogens (tertiary/aromatic N) is 2. The Kier molecular flexibility index (Phi) is 9.54. The molecule has 1 saturated heterocycles. The van der Waals surface area contributed by atoms with Crippen molar-refractivity contribution >= 4 is 19.4 Å². The third kappa shape index (κ3) is 6.80. The zero-order chi connectivity index (χ0) is 27.1. The number of hydrogen-bond acceptors (Lipinski definition) is 7. The largest absolute Gasteiger partial charge is 0.357 e. The lowest BCUT2D eigenvalue weighted by atomic mass is 9.83. The Morgan fingerprint density at radius 2 is 1.74 bits per heavy atom. The molecule has 2 amide bonds. The van der Waals surface area contributed by atoms with Gasteiger partial charge in [-0.1, -0.05) is 36.4 Å². The van der Waals surface area contributed by atoms with Gasteiger partial charge in [0, 0.05) is 50.3 Å². The molecule has 2 bridgehead atoms. The van der Waals surface area contributed by atoms with Gasteiger partial charge in [-0.25, -0.2) is 0 Å². The Morgan fingerprint density at radius 1 is 1.00 bits per heavy atom. The van der Waals surface area contributed by atoms with Gasteiger partial charge in [-0.15, -0.1) is 0 Å². The van der Waals surface area contributed by atoms with E-state index in [0.717, 1.165) is 25.2 Å². The van der Waals surface area contributed by atoms with Crippen molar-refractivity contribution in [1.29, 1.82) is 0 Å². The summed E-state index contributed by atoms with van der Waals surface area (Å²) in [5.74, 6) is -1.04. The molecule has 3 atom stereocenters. The summed E-state index contributed by atoms with van der Waals surface area (Å²) in [6.07, 6.45) is 1.31. The van der Waals surface area contributed by atoms with Gasteiger partial charge in [-0.2, -0.15) is 0 Å². The summed E-state index contributed by atoms with van der Waals surface area (Å²) in [7, 11) is -3.69. The van der Waals surface area contributed by atoms with E-state index in [0.29, 0.717) is 24.6 Å². The van der Waals surface area contributed by atoms with E-state index in [2.05, 4.69) is 15.5 Å². The maximum Gasteiger partial charge on any atom is 0.357 e. The van der Waals surface area contributed by atoms with E-state index in [9.17, 15) is 18.9 Å². The molecule has 2 aliphatic heterocycles. The van der Waals surface area contributed by atoms with E-state index >= 15 is 0 Å². The first kappa shape index (κ1) is 28.2. The van der Waals surface area contributed by atoms with Crippen molar-refractivity contribution < 1.29 is 23.2 Å². The van der Waals surface area contributed by atoms with Crippen molar-refractivity contribution in [1.82, 2.24) is 20.1 Å². The van der Waals surface area contributed by atoms with Gasteiger partial charge in [-0.3, -0.25) is 18.9 Å². The molecule has 10 nitrogen and oxygen atoms in total. The van der Waals surface area contributed by atoms with Gasteiger partial charge in [0.15, 0.2) is 5.78 Å². The van der Waals surface area contributed by atoms with Crippen molar-refractivity contribution in [3.8, 4) is 0 Å². The van der Waals surface area contributed by atoms with Crippen molar-refractivity contribution in [2.24, 2.45) is 5.92 Å². The molecule has 1 aromatic heterocycles. The Morgan fingerprint density at radius 3 is 2.45 bits per heavy atom. The molecule has 0 saturated carbocycles. The molecule has 1 fully saturated rings. The number of carbonyl (C=O) groups excluding carboxylic acids is 2. The second-order valence-corrected chi connectivity index (χ2v) is 11.9. The second kappa shape index (κ2) is 12.8. The van der Waals surface area contributed by atoms with E-state index in [1.54, 1.807) is 44.2 Å². The van der Waals surface area contributed by atoms with E-state index in [4.69, 9.17) is 9.05 Å². The molecule has 2 N–H and O–H groups in total. The third-order valence-electron chi connectivity index (χ3n) is 7.00. The SMILES string of the molecule is CCOP(=O)(OCC)C(NC(=O)CNC(=O)CCN1CC2CC(C1)c1cccc(=O)n1C2)c1ccccc1. The van der Waals surface area contributed by atoms with Crippen LogP contribution in [-0.2, 0) is 29.7 Å². The number of carbonyl (C=O) groups is 2. The van der Waals surface area contributed by atoms with Crippen LogP contribution in [0.3, 0.4) is 0 Å². The molecular weight excluding hydrogens is 507 g/mol. The first-order chi connectivity index (χ1) is 18.3. The van der Waals surface area contributed by atoms with E-state index in [-0.39, 0.29) is 43.6 Å². The number of amides is 2. The van der Waals surface area contributed by atoms with Gasteiger partial charge >= 0.3 is 7.60 Å². The van der Waals surface area contributed by atoms with Crippen LogP contribution in [0.2, 0.25) is 0 Å². The summed E-state index contributed by atoms with van der Waals surface area (Å²) in [6.45, 7) is 6.43. The standard InChI is InChI=1S/C27H37N4O6P/c1-3-36-38(35,37-4-2)27(21-9-6-5-7-10-21)29-25(33)16-28-24(32)13-14-30-17-20-15-22(19-30)23-11-8-12-26(34)31(23)18-20/h5-12,20,22,27H,3-4,13-19H2,1-2H3,(H,28,32)(H,29,33). The first-order valence-electron chi connectivity index (χ1n) is 13.2. The Balaban J connectivity index is 1.29. The normalized spacial score (nSPS) is 19.8. The molecule has 2 aromatic rings. The van der Waals surface area contributed by atoms with Crippen LogP contribution in [0.1, 0.15) is 49.6 Å². The van der Waals surface area contributed by atoms with Gasteiger partial charge in [0.1, 0.15) is 0 Å². The van der Waals surface area contributed by atoms with Crippen LogP contribution in [0.25, 0.3) is 0 Å². The number of pyridine rings is 1. The molecule has 3 heterocycles. The maximum absolute atomic E-state index is 13.5. The lowest BCUT2D eigenvalue weighted by Gasteiger charge is -2.42. The summed E-state index contributed by atoms with van der Waals surface area (Å²) < 4.78 is 26.3. The summed E-state index contributed by atoms with van der Waals surface area (Å²) in [5, 5.41) is 5.41. The van der Waals surface area contributed by atoms with Gasteiger partial charge in [0.25, 0.3) is 5.56 Å². The molecular formula is C27H37N4O6P. The lowest BCUT2D eigenvalue weighted by Crippen LogP contribution is -2.48. The minimum absolute atomic E-state index is 0.0525. The minimum Gasteiger partial charge on any atom is -0.347 e. The molecule has 206 valence electrons. The molecule has 3 unspecified atom stereocenters. The second-order valence-electron chi connectivity index (χ2n) is 9.74. The quantitative estimate of drug-likeness (QED) is 0.395. The summed E-state index contributed by atoms with van der Waals surface area (Å²) in [6, 6.07) is 14.3. The number of piperidine rings is 1. The van der Waals surface area contributed by atoms with Crippen LogP contribution in [0.5, 0.6) is 0 Å². The van der Waals surface area contributed by atoms with Crippen molar-refractivity contribution in [3.63, 3.8) is 0 Å². The number of benzene rings is 1. The topological polar surface area (TPSA) is 119 Å². The monoisotopic (exact) mass is 544 g/mol. The molecule has 0 radical (unpaired) electrons. The summed E-state index contributed by atoms with van der Waals surface area (Å²) in [5.41, 5.74) is 1.72. The van der Waals surface area contributed by atoms with Gasteiger partial charge < -0.3 is 29.1 Å². The lowest BCUT2D eigenvalue weighted by molar-refractivity contribution is -0.126. The summed E-state index contributed by atoms with van der Waals surface area (Å²) in [4.78, 5) is 39.8. The average Bonchev–Trinajstić information content (AvgIpc) is 2.90. The van der Waals surface area contributed by atoms with Crippen LogP contribution in [-0.4, -0.2) is 60.7 Å². The Labute approximate surface area is 223 Å². The van der Waals surface area contributed by atoms with Gasteiger partial charge in [0.2, 0.25) is 11.8 Å². The third-order valence-corrected chi connectivity index (χ3v) is 9.30. The smallest absolute Gasteiger partial charge is 0.347 e. The van der Waals surface area contributed by atoms with E-state index < -0.39 is 19.3 Å². The van der Waals surface area contributed by atoms with E-state index in [1.165, 1.54) is 0 Å². The summed E-state index contributed by atoms with van der Waals surface area (Å²) >= 11 is 0. The highest BCUT2D eigenvalue weighted by Crippen LogP contribution is 2.59. The highest BCUT2D eigenvalue weighted by atomic mass is 31.2. The molecule has 4 rings (SSSR count). The first-order valence-corrected chi connectivity index (χ1v) is 14.9. The van der Waals surface area contributed by atoms with Gasteiger partial charge in [-0.05, 0) is 37.8 Å².